The summed E-state index contributed by atoms with van der Waals surface area (Å²) in [5.74, 6) is 3.00. The van der Waals surface area contributed by atoms with Crippen LogP contribution in [0.5, 0.6) is 0 Å². The maximum absolute atomic E-state index is 12.6. The summed E-state index contributed by atoms with van der Waals surface area (Å²) in [4.78, 5) is 25.5. The Balaban J connectivity index is 1.23. The molecule has 2 aliphatic heterocycles. The maximum atomic E-state index is 12.6. The predicted octanol–water partition coefficient (Wildman–Crippen LogP) is 2.21. The van der Waals surface area contributed by atoms with E-state index in [1.165, 1.54) is 6.26 Å². The number of anilines is 2. The third-order valence-electron chi connectivity index (χ3n) is 6.78. The summed E-state index contributed by atoms with van der Waals surface area (Å²) in [5, 5.41) is 13.4. The highest BCUT2D eigenvalue weighted by Crippen LogP contribution is 2.39. The van der Waals surface area contributed by atoms with E-state index in [4.69, 9.17) is 14.4 Å². The summed E-state index contributed by atoms with van der Waals surface area (Å²) in [5.41, 5.74) is 2.29. The third-order valence-corrected chi connectivity index (χ3v) is 8.24. The number of aliphatic hydroxyl groups excluding tert-OH is 1. The van der Waals surface area contributed by atoms with Crippen LogP contribution in [0.25, 0.3) is 17.0 Å². The fraction of sp³-hybridized carbons (Fsp3) is 0.435. The fourth-order valence-electron chi connectivity index (χ4n) is 4.61. The molecular formula is C23H25N7O3S. The van der Waals surface area contributed by atoms with Crippen molar-refractivity contribution < 1.29 is 14.1 Å². The first-order valence-electron chi connectivity index (χ1n) is 11.5. The van der Waals surface area contributed by atoms with Gasteiger partial charge >= 0.3 is 0 Å². The van der Waals surface area contributed by atoms with Crippen LogP contribution in [0.2, 0.25) is 0 Å². The number of hydrogen-bond acceptors (Lipinski definition) is 10. The molecule has 1 aliphatic carbocycles. The zero-order valence-corrected chi connectivity index (χ0v) is 19.4. The molecule has 6 rings (SSSR count). The molecule has 0 radical (unpaired) electrons. The van der Waals surface area contributed by atoms with E-state index in [-0.39, 0.29) is 12.1 Å². The molecular weight excluding hydrogens is 454 g/mol. The van der Waals surface area contributed by atoms with Gasteiger partial charge in [0.1, 0.15) is 17.7 Å². The van der Waals surface area contributed by atoms with Crippen molar-refractivity contribution in [3.05, 3.63) is 42.4 Å². The van der Waals surface area contributed by atoms with E-state index in [2.05, 4.69) is 31.2 Å². The Morgan fingerprint density at radius 3 is 2.68 bits per heavy atom. The van der Waals surface area contributed by atoms with Crippen molar-refractivity contribution >= 4 is 28.5 Å². The second-order valence-corrected chi connectivity index (χ2v) is 10.4. The van der Waals surface area contributed by atoms with Crippen LogP contribution >= 0.6 is 0 Å². The molecule has 0 spiro atoms. The SMILES string of the molecule is [O-][S@+]1CCc2nc(N3CC=C(c4ncc(-c5ncco5)cn4)CC3)nc(NC3(CO)CCC3)c21. The van der Waals surface area contributed by atoms with Crippen molar-refractivity contribution in [2.75, 3.05) is 35.7 Å². The standard InChI is InChI=1S/C23H25N7O3S/c31-14-23(5-1-6-23)29-20-18-17(4-11-34(18)32)27-22(28-20)30-8-2-15(3-9-30)19-25-12-16(13-26-19)21-24-7-10-33-21/h2,7,10,12-13,31H,1,3-6,8-9,11,14H2,(H,27,28,29)/t34-/m1/s1. The highest BCUT2D eigenvalue weighted by Gasteiger charge is 2.40. The summed E-state index contributed by atoms with van der Waals surface area (Å²) >= 11 is -1.11. The van der Waals surface area contributed by atoms with Gasteiger partial charge in [-0.05, 0) is 42.4 Å². The van der Waals surface area contributed by atoms with Gasteiger partial charge in [-0.3, -0.25) is 0 Å². The van der Waals surface area contributed by atoms with Gasteiger partial charge in [0.05, 0.1) is 23.9 Å². The van der Waals surface area contributed by atoms with Gasteiger partial charge in [-0.2, -0.15) is 4.98 Å². The van der Waals surface area contributed by atoms with Crippen LogP contribution < -0.4 is 10.2 Å². The lowest BCUT2D eigenvalue weighted by atomic mass is 9.77. The molecule has 0 unspecified atom stereocenters. The van der Waals surface area contributed by atoms with Crippen LogP contribution in [-0.2, 0) is 17.6 Å². The number of nitrogens with one attached hydrogen (secondary N) is 1. The van der Waals surface area contributed by atoms with Gasteiger partial charge in [0.15, 0.2) is 11.6 Å². The van der Waals surface area contributed by atoms with E-state index in [1.54, 1.807) is 18.6 Å². The quantitative estimate of drug-likeness (QED) is 0.506. The van der Waals surface area contributed by atoms with Crippen LogP contribution in [0.3, 0.4) is 0 Å². The molecule has 1 atom stereocenters. The minimum atomic E-state index is -1.11. The summed E-state index contributed by atoms with van der Waals surface area (Å²) < 4.78 is 17.9. The van der Waals surface area contributed by atoms with Crippen LogP contribution in [0, 0.1) is 0 Å². The van der Waals surface area contributed by atoms with Crippen molar-refractivity contribution in [3.8, 4) is 11.5 Å². The van der Waals surface area contributed by atoms with Crippen molar-refractivity contribution in [1.82, 2.24) is 24.9 Å². The zero-order valence-electron chi connectivity index (χ0n) is 18.6. The largest absolute Gasteiger partial charge is 0.611 e. The first kappa shape index (κ1) is 21.5. The van der Waals surface area contributed by atoms with E-state index in [9.17, 15) is 9.66 Å². The summed E-state index contributed by atoms with van der Waals surface area (Å²) in [7, 11) is 0. The Morgan fingerprint density at radius 1 is 1.18 bits per heavy atom. The van der Waals surface area contributed by atoms with E-state index < -0.39 is 11.2 Å². The first-order valence-corrected chi connectivity index (χ1v) is 12.8. The van der Waals surface area contributed by atoms with E-state index in [0.717, 1.165) is 49.1 Å². The first-order chi connectivity index (χ1) is 16.6. The van der Waals surface area contributed by atoms with Gasteiger partial charge < -0.3 is 24.3 Å². The van der Waals surface area contributed by atoms with Crippen molar-refractivity contribution in [2.24, 2.45) is 0 Å². The summed E-state index contributed by atoms with van der Waals surface area (Å²) in [6, 6.07) is 0. The number of hydrogen-bond donors (Lipinski definition) is 2. The number of nitrogens with zero attached hydrogens (tertiary/aromatic N) is 6. The Kier molecular flexibility index (Phi) is 5.47. The van der Waals surface area contributed by atoms with Crippen LogP contribution in [0.15, 0.2) is 40.2 Å². The van der Waals surface area contributed by atoms with Crippen LogP contribution in [-0.4, -0.2) is 65.6 Å². The highest BCUT2D eigenvalue weighted by molar-refractivity contribution is 7.91. The zero-order chi connectivity index (χ0) is 23.1. The highest BCUT2D eigenvalue weighted by atomic mass is 32.2. The van der Waals surface area contributed by atoms with Gasteiger partial charge in [-0.1, -0.05) is 6.08 Å². The summed E-state index contributed by atoms with van der Waals surface area (Å²) in [6.07, 6.45) is 12.9. The second-order valence-electron chi connectivity index (χ2n) is 8.92. The molecule has 11 heteroatoms. The molecule has 0 amide bonds. The van der Waals surface area contributed by atoms with Gasteiger partial charge in [0.25, 0.3) is 0 Å². The number of aliphatic hydroxyl groups is 1. The molecule has 34 heavy (non-hydrogen) atoms. The third kappa shape index (κ3) is 3.83. The Bertz CT molecular complexity index is 1210. The molecule has 0 bridgehead atoms. The normalized spacial score (nSPS) is 21.1. The average Bonchev–Trinajstić information content (AvgIpc) is 3.52. The topological polar surface area (TPSA) is 136 Å². The molecule has 0 saturated heterocycles. The molecule has 1 saturated carbocycles. The van der Waals surface area contributed by atoms with Crippen molar-refractivity contribution in [2.45, 2.75) is 42.5 Å². The van der Waals surface area contributed by atoms with E-state index in [1.807, 2.05) is 0 Å². The van der Waals surface area contributed by atoms with Crippen LogP contribution in [0.1, 0.15) is 37.2 Å². The number of fused-ring (bicyclic) bond motifs is 1. The predicted molar refractivity (Wildman–Crippen MR) is 127 cm³/mol. The van der Waals surface area contributed by atoms with Gasteiger partial charge in [0, 0.05) is 31.9 Å². The Labute approximate surface area is 199 Å². The number of oxazole rings is 1. The average molecular weight is 480 g/mol. The lowest BCUT2D eigenvalue weighted by molar-refractivity contribution is 0.143. The molecule has 3 aromatic heterocycles. The molecule has 0 aromatic carbocycles. The Hall–Kier alpha value is -3.02. The van der Waals surface area contributed by atoms with Gasteiger partial charge in [0.2, 0.25) is 16.7 Å². The lowest BCUT2D eigenvalue weighted by Crippen LogP contribution is -2.49. The number of rotatable bonds is 6. The number of aryl methyl sites for hydroxylation is 1. The number of aromatic nitrogens is 5. The maximum Gasteiger partial charge on any atom is 0.228 e. The Morgan fingerprint density at radius 2 is 2.03 bits per heavy atom. The molecule has 3 aliphatic rings. The lowest BCUT2D eigenvalue weighted by Gasteiger charge is -2.41. The smallest absolute Gasteiger partial charge is 0.228 e. The van der Waals surface area contributed by atoms with E-state index in [0.29, 0.717) is 47.1 Å². The van der Waals surface area contributed by atoms with E-state index >= 15 is 0 Å². The molecule has 5 heterocycles. The monoisotopic (exact) mass is 479 g/mol. The minimum Gasteiger partial charge on any atom is -0.611 e. The molecule has 2 N–H and O–H groups in total. The van der Waals surface area contributed by atoms with Gasteiger partial charge in [-0.15, -0.1) is 0 Å². The second kappa shape index (κ2) is 8.64. The molecule has 176 valence electrons. The summed E-state index contributed by atoms with van der Waals surface area (Å²) in [6.45, 7) is 1.40. The van der Waals surface area contributed by atoms with Crippen molar-refractivity contribution in [3.63, 3.8) is 0 Å². The minimum absolute atomic E-state index is 0.0400. The van der Waals surface area contributed by atoms with Crippen LogP contribution in [0.4, 0.5) is 11.8 Å². The molecule has 10 nitrogen and oxygen atoms in total. The fourth-order valence-corrected chi connectivity index (χ4v) is 5.92. The van der Waals surface area contributed by atoms with Gasteiger partial charge in [-0.25, -0.2) is 19.9 Å². The molecule has 3 aromatic rings. The molecule has 1 fully saturated rings. The van der Waals surface area contributed by atoms with Crippen molar-refractivity contribution in [1.29, 1.82) is 0 Å².